The number of benzene rings is 1. The van der Waals surface area contributed by atoms with Crippen LogP contribution in [0.4, 0.5) is 4.39 Å². The summed E-state index contributed by atoms with van der Waals surface area (Å²) in [6, 6.07) is 7.82. The summed E-state index contributed by atoms with van der Waals surface area (Å²) in [6.45, 7) is 0.262. The lowest BCUT2D eigenvalue weighted by molar-refractivity contribution is 0.613. The molecular weight excluding hydrogens is 321 g/mol. The van der Waals surface area contributed by atoms with E-state index in [0.29, 0.717) is 21.5 Å². The molecule has 1 aromatic carbocycles. The van der Waals surface area contributed by atoms with Crippen LogP contribution in [0, 0.1) is 5.82 Å². The lowest BCUT2D eigenvalue weighted by Gasteiger charge is -2.09. The van der Waals surface area contributed by atoms with E-state index in [1.165, 1.54) is 16.7 Å². The fourth-order valence-corrected chi connectivity index (χ4v) is 2.30. The molecule has 0 aliphatic rings. The maximum atomic E-state index is 13.7. The van der Waals surface area contributed by atoms with Crippen molar-refractivity contribution in [2.24, 2.45) is 0 Å². The van der Waals surface area contributed by atoms with Gasteiger partial charge in [-0.25, -0.2) is 4.39 Å². The van der Waals surface area contributed by atoms with Crippen molar-refractivity contribution in [3.63, 3.8) is 0 Å². The van der Waals surface area contributed by atoms with Crippen molar-refractivity contribution >= 4 is 27.5 Å². The molecule has 0 spiro atoms. The highest BCUT2D eigenvalue weighted by Gasteiger charge is 2.08. The Kier molecular flexibility index (Phi) is 4.19. The van der Waals surface area contributed by atoms with Crippen molar-refractivity contribution in [1.82, 2.24) is 4.57 Å². The number of pyridine rings is 1. The van der Waals surface area contributed by atoms with Gasteiger partial charge in [-0.15, -0.1) is 0 Å². The highest BCUT2D eigenvalue weighted by molar-refractivity contribution is 9.08. The Hall–Kier alpha value is -1.13. The van der Waals surface area contributed by atoms with Gasteiger partial charge in [0.25, 0.3) is 5.56 Å². The predicted octanol–water partition coefficient (Wildman–Crippen LogP) is 3.58. The molecule has 0 saturated carbocycles. The van der Waals surface area contributed by atoms with Gasteiger partial charge in [-0.3, -0.25) is 4.79 Å². The molecule has 18 heavy (non-hydrogen) atoms. The molecule has 0 radical (unpaired) electrons. The molecule has 5 heteroatoms. The second kappa shape index (κ2) is 5.67. The summed E-state index contributed by atoms with van der Waals surface area (Å²) >= 11 is 9.27. The van der Waals surface area contributed by atoms with Gasteiger partial charge in [0.2, 0.25) is 0 Å². The minimum absolute atomic E-state index is 0.140. The van der Waals surface area contributed by atoms with Crippen LogP contribution in [-0.2, 0) is 11.9 Å². The molecule has 0 aliphatic heterocycles. The van der Waals surface area contributed by atoms with Gasteiger partial charge in [0.05, 0.1) is 6.54 Å². The molecule has 0 atom stereocenters. The van der Waals surface area contributed by atoms with Crippen LogP contribution >= 0.6 is 27.5 Å². The van der Waals surface area contributed by atoms with Gasteiger partial charge < -0.3 is 4.57 Å². The van der Waals surface area contributed by atoms with E-state index >= 15 is 0 Å². The van der Waals surface area contributed by atoms with Crippen molar-refractivity contribution in [3.05, 3.63) is 68.8 Å². The molecule has 0 N–H and O–H groups in total. The van der Waals surface area contributed by atoms with Crippen LogP contribution < -0.4 is 5.56 Å². The molecule has 2 nitrogen and oxygen atoms in total. The van der Waals surface area contributed by atoms with Crippen LogP contribution in [0.15, 0.2) is 41.3 Å². The summed E-state index contributed by atoms with van der Waals surface area (Å²) < 4.78 is 15.1. The van der Waals surface area contributed by atoms with E-state index in [1.54, 1.807) is 24.4 Å². The number of hydrogen-bond donors (Lipinski definition) is 0. The van der Waals surface area contributed by atoms with Crippen LogP contribution in [-0.4, -0.2) is 4.57 Å². The highest BCUT2D eigenvalue weighted by Crippen LogP contribution is 2.23. The Morgan fingerprint density at radius 1 is 1.28 bits per heavy atom. The van der Waals surface area contributed by atoms with Gasteiger partial charge in [0, 0.05) is 22.6 Å². The highest BCUT2D eigenvalue weighted by atomic mass is 79.9. The molecule has 2 rings (SSSR count). The molecule has 0 aliphatic carbocycles. The Labute approximate surface area is 117 Å². The molecule has 0 saturated heterocycles. The Balaban J connectivity index is 2.39. The van der Waals surface area contributed by atoms with E-state index < -0.39 is 0 Å². The third kappa shape index (κ3) is 2.82. The number of hydrogen-bond acceptors (Lipinski definition) is 1. The van der Waals surface area contributed by atoms with Crippen LogP contribution in [0.5, 0.6) is 0 Å². The zero-order chi connectivity index (χ0) is 13.1. The molecular formula is C13H10BrClFNO. The summed E-state index contributed by atoms with van der Waals surface area (Å²) in [4.78, 5) is 11.6. The summed E-state index contributed by atoms with van der Waals surface area (Å²) in [5.41, 5.74) is 0.954. The lowest BCUT2D eigenvalue weighted by Crippen LogP contribution is -2.18. The SMILES string of the molecule is O=c1ccccn1Cc1cc(F)c(CBr)cc1Cl. The number of halogens is 3. The van der Waals surface area contributed by atoms with Gasteiger partial charge >= 0.3 is 0 Å². The summed E-state index contributed by atoms with van der Waals surface area (Å²) in [6.07, 6.45) is 1.65. The van der Waals surface area contributed by atoms with Crippen LogP contribution in [0.1, 0.15) is 11.1 Å². The van der Waals surface area contributed by atoms with Gasteiger partial charge in [-0.2, -0.15) is 0 Å². The number of aromatic nitrogens is 1. The van der Waals surface area contributed by atoms with E-state index in [4.69, 9.17) is 11.6 Å². The average Bonchev–Trinajstić information content (AvgIpc) is 2.36. The minimum atomic E-state index is -0.324. The maximum Gasteiger partial charge on any atom is 0.250 e. The van der Waals surface area contributed by atoms with Crippen molar-refractivity contribution in [3.8, 4) is 0 Å². The van der Waals surface area contributed by atoms with Crippen LogP contribution in [0.25, 0.3) is 0 Å². The van der Waals surface area contributed by atoms with Crippen molar-refractivity contribution in [2.75, 3.05) is 0 Å². The number of rotatable bonds is 3. The first-order chi connectivity index (χ1) is 8.61. The first-order valence-electron chi connectivity index (χ1n) is 5.30. The number of alkyl halides is 1. The summed E-state index contributed by atoms with van der Waals surface area (Å²) in [5, 5.41) is 0.867. The van der Waals surface area contributed by atoms with E-state index in [0.717, 1.165) is 0 Å². The van der Waals surface area contributed by atoms with Crippen LogP contribution in [0.2, 0.25) is 5.02 Å². The molecule has 1 heterocycles. The summed E-state index contributed by atoms with van der Waals surface area (Å²) in [7, 11) is 0. The second-order valence-electron chi connectivity index (χ2n) is 3.84. The van der Waals surface area contributed by atoms with Crippen LogP contribution in [0.3, 0.4) is 0 Å². The fourth-order valence-electron chi connectivity index (χ4n) is 1.63. The Morgan fingerprint density at radius 3 is 2.72 bits per heavy atom. The molecule has 0 fully saturated rings. The van der Waals surface area contributed by atoms with E-state index in [-0.39, 0.29) is 17.9 Å². The topological polar surface area (TPSA) is 22.0 Å². The predicted molar refractivity (Wildman–Crippen MR) is 73.8 cm³/mol. The third-order valence-corrected chi connectivity index (χ3v) is 3.56. The van der Waals surface area contributed by atoms with E-state index in [9.17, 15) is 9.18 Å². The van der Waals surface area contributed by atoms with Gasteiger partial charge in [0.1, 0.15) is 5.82 Å². The standard InChI is InChI=1S/C13H10BrClFNO/c14-7-9-5-11(15)10(6-12(9)16)8-17-4-2-1-3-13(17)18/h1-6H,7-8H2. The monoisotopic (exact) mass is 329 g/mol. The molecule has 0 amide bonds. The van der Waals surface area contributed by atoms with Crippen molar-refractivity contribution in [2.45, 2.75) is 11.9 Å². The van der Waals surface area contributed by atoms with Gasteiger partial charge in [-0.05, 0) is 29.3 Å². The fraction of sp³-hybridized carbons (Fsp3) is 0.154. The molecule has 94 valence electrons. The van der Waals surface area contributed by atoms with Crippen molar-refractivity contribution < 1.29 is 4.39 Å². The Bertz CT molecular complexity index is 627. The Morgan fingerprint density at radius 2 is 2.06 bits per heavy atom. The lowest BCUT2D eigenvalue weighted by atomic mass is 10.1. The smallest absolute Gasteiger partial charge is 0.250 e. The van der Waals surface area contributed by atoms with Gasteiger partial charge in [0.15, 0.2) is 0 Å². The average molecular weight is 331 g/mol. The zero-order valence-corrected chi connectivity index (χ0v) is 11.7. The van der Waals surface area contributed by atoms with Crippen molar-refractivity contribution in [1.29, 1.82) is 0 Å². The van der Waals surface area contributed by atoms with E-state index in [1.807, 2.05) is 0 Å². The molecule has 0 unspecified atom stereocenters. The second-order valence-corrected chi connectivity index (χ2v) is 4.80. The maximum absolute atomic E-state index is 13.7. The van der Waals surface area contributed by atoms with Gasteiger partial charge in [-0.1, -0.05) is 33.6 Å². The normalized spacial score (nSPS) is 10.6. The summed E-state index contributed by atoms with van der Waals surface area (Å²) in [5.74, 6) is -0.324. The largest absolute Gasteiger partial charge is 0.311 e. The van der Waals surface area contributed by atoms with E-state index in [2.05, 4.69) is 15.9 Å². The third-order valence-electron chi connectivity index (χ3n) is 2.60. The molecule has 1 aromatic heterocycles. The molecule has 2 aromatic rings. The first kappa shape index (κ1) is 13.3. The zero-order valence-electron chi connectivity index (χ0n) is 9.37. The minimum Gasteiger partial charge on any atom is -0.311 e. The first-order valence-corrected chi connectivity index (χ1v) is 6.80. The molecule has 0 bridgehead atoms. The number of nitrogens with zero attached hydrogens (tertiary/aromatic N) is 1. The quantitative estimate of drug-likeness (QED) is 0.788.